The van der Waals surface area contributed by atoms with Crippen molar-refractivity contribution in [1.29, 1.82) is 0 Å². The van der Waals surface area contributed by atoms with Crippen LogP contribution in [0.5, 0.6) is 5.75 Å². The van der Waals surface area contributed by atoms with Crippen molar-refractivity contribution in [2.24, 2.45) is 0 Å². The van der Waals surface area contributed by atoms with Crippen molar-refractivity contribution < 1.29 is 4.74 Å². The topological polar surface area (TPSA) is 39.9 Å². The fraction of sp³-hybridized carbons (Fsp3) is 0.263. The van der Waals surface area contributed by atoms with E-state index in [9.17, 15) is 0 Å². The normalized spacial score (nSPS) is 10.7. The highest BCUT2D eigenvalue weighted by molar-refractivity contribution is 7.99. The van der Waals surface area contributed by atoms with Gasteiger partial charge in [0.2, 0.25) is 0 Å². The van der Waals surface area contributed by atoms with E-state index in [0.29, 0.717) is 6.61 Å². The molecule has 3 rings (SSSR count). The van der Waals surface area contributed by atoms with E-state index in [1.165, 1.54) is 5.56 Å². The van der Waals surface area contributed by atoms with Crippen molar-refractivity contribution in [2.45, 2.75) is 25.0 Å². The summed E-state index contributed by atoms with van der Waals surface area (Å²) in [6.45, 7) is 3.65. The number of para-hydroxylation sites is 1. The van der Waals surface area contributed by atoms with E-state index in [1.54, 1.807) is 11.8 Å². The second-order valence-corrected chi connectivity index (χ2v) is 6.38. The summed E-state index contributed by atoms with van der Waals surface area (Å²) in [6.07, 6.45) is 0.808. The van der Waals surface area contributed by atoms with Crippen molar-refractivity contribution in [3.05, 3.63) is 72.1 Å². The Balaban J connectivity index is 1.56. The Hall–Kier alpha value is -2.27. The largest absolute Gasteiger partial charge is 0.493 e. The molecular weight excluding hydrogens is 318 g/mol. The lowest BCUT2D eigenvalue weighted by Gasteiger charge is -2.08. The lowest BCUT2D eigenvalue weighted by Crippen LogP contribution is -2.06. The van der Waals surface area contributed by atoms with Crippen molar-refractivity contribution in [3.63, 3.8) is 0 Å². The molecule has 0 spiro atoms. The maximum absolute atomic E-state index is 5.73. The van der Waals surface area contributed by atoms with Gasteiger partial charge in [-0.15, -0.1) is 10.2 Å². The van der Waals surface area contributed by atoms with Crippen LogP contribution in [0, 0.1) is 0 Å². The lowest BCUT2D eigenvalue weighted by molar-refractivity contribution is 0.344. The van der Waals surface area contributed by atoms with Crippen LogP contribution in [0.4, 0.5) is 0 Å². The van der Waals surface area contributed by atoms with Crippen LogP contribution in [0.3, 0.4) is 0 Å². The number of hydrogen-bond donors (Lipinski definition) is 0. The van der Waals surface area contributed by atoms with Gasteiger partial charge >= 0.3 is 0 Å². The maximum Gasteiger partial charge on any atom is 0.191 e. The van der Waals surface area contributed by atoms with Gasteiger partial charge in [-0.2, -0.15) is 0 Å². The third-order valence-corrected chi connectivity index (χ3v) is 4.57. The predicted molar refractivity (Wildman–Crippen MR) is 97.6 cm³/mol. The third-order valence-electron chi connectivity index (χ3n) is 3.64. The molecular formula is C19H21N3OS. The van der Waals surface area contributed by atoms with Gasteiger partial charge in [0.25, 0.3) is 0 Å². The van der Waals surface area contributed by atoms with E-state index in [1.807, 2.05) is 36.4 Å². The van der Waals surface area contributed by atoms with Crippen LogP contribution in [0.25, 0.3) is 0 Å². The van der Waals surface area contributed by atoms with Gasteiger partial charge in [-0.1, -0.05) is 60.3 Å². The fourth-order valence-electron chi connectivity index (χ4n) is 2.46. The average molecular weight is 339 g/mol. The highest BCUT2D eigenvalue weighted by atomic mass is 32.2. The standard InChI is InChI=1S/C19H21N3OS/c1-2-22-18(15-16-9-5-3-6-10-16)20-21-19(22)24-14-13-23-17-11-7-4-8-12-17/h3-12H,2,13-15H2,1H3. The number of nitrogens with zero attached hydrogens (tertiary/aromatic N) is 3. The Bertz CT molecular complexity index is 744. The summed E-state index contributed by atoms with van der Waals surface area (Å²) >= 11 is 1.69. The molecule has 124 valence electrons. The van der Waals surface area contributed by atoms with Crippen LogP contribution < -0.4 is 4.74 Å². The molecule has 0 amide bonds. The number of hydrogen-bond acceptors (Lipinski definition) is 4. The molecule has 0 fully saturated rings. The highest BCUT2D eigenvalue weighted by Crippen LogP contribution is 2.19. The number of aromatic nitrogens is 3. The summed E-state index contributed by atoms with van der Waals surface area (Å²) in [6, 6.07) is 20.3. The predicted octanol–water partition coefficient (Wildman–Crippen LogP) is 4.06. The van der Waals surface area contributed by atoms with Gasteiger partial charge in [0.05, 0.1) is 6.61 Å². The minimum Gasteiger partial charge on any atom is -0.493 e. The maximum atomic E-state index is 5.73. The number of benzene rings is 2. The molecule has 0 atom stereocenters. The second-order valence-electron chi connectivity index (χ2n) is 5.32. The van der Waals surface area contributed by atoms with E-state index >= 15 is 0 Å². The molecule has 1 aromatic heterocycles. The van der Waals surface area contributed by atoms with Crippen LogP contribution in [0.1, 0.15) is 18.3 Å². The van der Waals surface area contributed by atoms with Gasteiger partial charge in [0.1, 0.15) is 11.6 Å². The number of rotatable bonds is 8. The molecule has 3 aromatic rings. The van der Waals surface area contributed by atoms with Crippen LogP contribution in [-0.2, 0) is 13.0 Å². The Labute approximate surface area is 146 Å². The SMILES string of the molecule is CCn1c(Cc2ccccc2)nnc1SCCOc1ccccc1. The quantitative estimate of drug-likeness (QED) is 0.458. The molecule has 4 nitrogen and oxygen atoms in total. The van der Waals surface area contributed by atoms with Gasteiger partial charge in [0.15, 0.2) is 5.16 Å². The van der Waals surface area contributed by atoms with E-state index in [2.05, 4.69) is 46.0 Å². The van der Waals surface area contributed by atoms with Crippen LogP contribution in [0.2, 0.25) is 0 Å². The Kier molecular flexibility index (Phi) is 5.90. The molecule has 0 saturated carbocycles. The summed E-state index contributed by atoms with van der Waals surface area (Å²) < 4.78 is 7.91. The molecule has 0 bridgehead atoms. The minimum absolute atomic E-state index is 0.652. The van der Waals surface area contributed by atoms with Gasteiger partial charge in [0, 0.05) is 18.7 Å². The summed E-state index contributed by atoms with van der Waals surface area (Å²) in [5.41, 5.74) is 1.25. The van der Waals surface area contributed by atoms with Crippen molar-refractivity contribution in [1.82, 2.24) is 14.8 Å². The van der Waals surface area contributed by atoms with Crippen LogP contribution >= 0.6 is 11.8 Å². The zero-order chi connectivity index (χ0) is 16.6. The summed E-state index contributed by atoms with van der Waals surface area (Å²) in [7, 11) is 0. The van der Waals surface area contributed by atoms with E-state index < -0.39 is 0 Å². The molecule has 0 aliphatic rings. The second kappa shape index (κ2) is 8.55. The third kappa shape index (κ3) is 4.38. The minimum atomic E-state index is 0.652. The Morgan fingerprint density at radius 3 is 2.38 bits per heavy atom. The smallest absolute Gasteiger partial charge is 0.191 e. The molecule has 0 saturated heterocycles. The molecule has 24 heavy (non-hydrogen) atoms. The molecule has 2 aromatic carbocycles. The van der Waals surface area contributed by atoms with Gasteiger partial charge in [-0.25, -0.2) is 0 Å². The monoisotopic (exact) mass is 339 g/mol. The number of thioether (sulfide) groups is 1. The van der Waals surface area contributed by atoms with Crippen LogP contribution in [-0.4, -0.2) is 27.1 Å². The van der Waals surface area contributed by atoms with Crippen molar-refractivity contribution in [2.75, 3.05) is 12.4 Å². The van der Waals surface area contributed by atoms with Gasteiger partial charge in [-0.05, 0) is 24.6 Å². The fourth-order valence-corrected chi connectivity index (χ4v) is 3.30. The molecule has 5 heteroatoms. The molecule has 0 radical (unpaired) electrons. The Morgan fingerprint density at radius 1 is 0.958 bits per heavy atom. The Morgan fingerprint density at radius 2 is 1.67 bits per heavy atom. The average Bonchev–Trinajstić information content (AvgIpc) is 3.02. The van der Waals surface area contributed by atoms with Gasteiger partial charge in [-0.3, -0.25) is 0 Å². The summed E-state index contributed by atoms with van der Waals surface area (Å²) in [4.78, 5) is 0. The van der Waals surface area contributed by atoms with Crippen molar-refractivity contribution >= 4 is 11.8 Å². The molecule has 0 N–H and O–H groups in total. The van der Waals surface area contributed by atoms with Crippen LogP contribution in [0.15, 0.2) is 65.8 Å². The summed E-state index contributed by atoms with van der Waals surface area (Å²) in [5.74, 6) is 2.76. The first-order chi connectivity index (χ1) is 11.9. The first kappa shape index (κ1) is 16.6. The molecule has 1 heterocycles. The van der Waals surface area contributed by atoms with Crippen molar-refractivity contribution in [3.8, 4) is 5.75 Å². The zero-order valence-electron chi connectivity index (χ0n) is 13.8. The highest BCUT2D eigenvalue weighted by Gasteiger charge is 2.11. The van der Waals surface area contributed by atoms with E-state index in [-0.39, 0.29) is 0 Å². The molecule has 0 unspecified atom stereocenters. The zero-order valence-corrected chi connectivity index (χ0v) is 14.6. The van der Waals surface area contributed by atoms with E-state index in [4.69, 9.17) is 4.74 Å². The number of ether oxygens (including phenoxy) is 1. The first-order valence-electron chi connectivity index (χ1n) is 8.13. The first-order valence-corrected chi connectivity index (χ1v) is 9.12. The molecule has 0 aliphatic heterocycles. The summed E-state index contributed by atoms with van der Waals surface area (Å²) in [5, 5.41) is 9.68. The molecule has 0 aliphatic carbocycles. The van der Waals surface area contributed by atoms with Gasteiger partial charge < -0.3 is 9.30 Å². The lowest BCUT2D eigenvalue weighted by atomic mass is 10.1. The van der Waals surface area contributed by atoms with E-state index in [0.717, 1.165) is 35.4 Å².